The smallest absolute Gasteiger partial charge is 0.231 e. The zero-order chi connectivity index (χ0) is 10.1. The molecule has 1 rings (SSSR count). The highest BCUT2D eigenvalue weighted by molar-refractivity contribution is 7.92. The van der Waals surface area contributed by atoms with Gasteiger partial charge in [0, 0.05) is 12.1 Å². The predicted octanol–water partition coefficient (Wildman–Crippen LogP) is 1.74. The lowest BCUT2D eigenvalue weighted by Crippen LogP contribution is -2.24. The Morgan fingerprint density at radius 3 is 2.46 bits per heavy atom. The monoisotopic (exact) mass is 219 g/mol. The van der Waals surface area contributed by atoms with E-state index in [4.69, 9.17) is 11.6 Å². The van der Waals surface area contributed by atoms with Crippen LogP contribution in [0, 0.1) is 0 Å². The van der Waals surface area contributed by atoms with Crippen molar-refractivity contribution in [1.82, 2.24) is 0 Å². The molecule has 0 radical (unpaired) electrons. The van der Waals surface area contributed by atoms with E-state index in [1.54, 1.807) is 24.3 Å². The molecular weight excluding hydrogens is 210 g/mol. The number of benzene rings is 1. The molecule has 0 heterocycles. The second-order valence-electron chi connectivity index (χ2n) is 2.71. The van der Waals surface area contributed by atoms with Gasteiger partial charge in [0.05, 0.1) is 11.9 Å². The Labute approximate surface area is 83.0 Å². The average Bonchev–Trinajstić information content (AvgIpc) is 2.01. The average molecular weight is 220 g/mol. The van der Waals surface area contributed by atoms with Crippen molar-refractivity contribution < 1.29 is 8.42 Å². The Bertz CT molecular complexity index is 402. The lowest BCUT2D eigenvalue weighted by molar-refractivity contribution is 0.600. The number of halogens is 1. The minimum absolute atomic E-state index is 0.521. The Morgan fingerprint density at radius 2 is 2.00 bits per heavy atom. The molecule has 0 aliphatic carbocycles. The first-order valence-corrected chi connectivity index (χ1v) is 5.83. The molecule has 0 bridgehead atoms. The van der Waals surface area contributed by atoms with Crippen molar-refractivity contribution in [3.05, 3.63) is 29.3 Å². The van der Waals surface area contributed by atoms with E-state index in [-0.39, 0.29) is 0 Å². The van der Waals surface area contributed by atoms with E-state index in [9.17, 15) is 8.42 Å². The minimum atomic E-state index is -3.20. The molecule has 0 amide bonds. The second-order valence-corrected chi connectivity index (χ2v) is 5.16. The van der Waals surface area contributed by atoms with Gasteiger partial charge in [-0.25, -0.2) is 8.42 Å². The lowest BCUT2D eigenvalue weighted by Gasteiger charge is -2.16. The van der Waals surface area contributed by atoms with Gasteiger partial charge in [-0.15, -0.1) is 0 Å². The van der Waals surface area contributed by atoms with Gasteiger partial charge in [-0.2, -0.15) is 0 Å². The van der Waals surface area contributed by atoms with Crippen molar-refractivity contribution in [2.75, 3.05) is 17.6 Å². The van der Waals surface area contributed by atoms with E-state index in [0.717, 1.165) is 6.26 Å². The normalized spacial score (nSPS) is 11.3. The summed E-state index contributed by atoms with van der Waals surface area (Å²) in [6.07, 6.45) is 1.15. The Balaban J connectivity index is 3.10. The summed E-state index contributed by atoms with van der Waals surface area (Å²) in [7, 11) is -1.71. The maximum Gasteiger partial charge on any atom is 0.231 e. The molecule has 1 aromatic rings. The summed E-state index contributed by atoms with van der Waals surface area (Å²) >= 11 is 5.72. The molecule has 0 saturated carbocycles. The van der Waals surface area contributed by atoms with Gasteiger partial charge in [-0.1, -0.05) is 17.7 Å². The zero-order valence-corrected chi connectivity index (χ0v) is 8.93. The summed E-state index contributed by atoms with van der Waals surface area (Å²) < 4.78 is 23.4. The van der Waals surface area contributed by atoms with E-state index in [1.807, 2.05) is 0 Å². The van der Waals surface area contributed by atoms with Gasteiger partial charge in [-0.05, 0) is 18.2 Å². The summed E-state index contributed by atoms with van der Waals surface area (Å²) in [5, 5.41) is 0.521. The summed E-state index contributed by atoms with van der Waals surface area (Å²) in [4.78, 5) is 0. The van der Waals surface area contributed by atoms with Crippen molar-refractivity contribution in [3.8, 4) is 0 Å². The molecule has 0 aliphatic rings. The van der Waals surface area contributed by atoms with Crippen LogP contribution < -0.4 is 4.31 Å². The van der Waals surface area contributed by atoms with Crippen molar-refractivity contribution in [3.63, 3.8) is 0 Å². The third-order valence-corrected chi connectivity index (χ3v) is 3.11. The summed E-state index contributed by atoms with van der Waals surface area (Å²) in [6, 6.07) is 6.69. The van der Waals surface area contributed by atoms with Crippen molar-refractivity contribution >= 4 is 27.3 Å². The molecular formula is C8H10ClNO2S. The van der Waals surface area contributed by atoms with Crippen molar-refractivity contribution in [2.24, 2.45) is 0 Å². The summed E-state index contributed by atoms with van der Waals surface area (Å²) in [6.45, 7) is 0. The number of hydrogen-bond donors (Lipinski definition) is 0. The molecule has 0 spiro atoms. The van der Waals surface area contributed by atoms with Crippen LogP contribution >= 0.6 is 11.6 Å². The summed E-state index contributed by atoms with van der Waals surface area (Å²) in [5.74, 6) is 0. The van der Waals surface area contributed by atoms with Crippen LogP contribution in [0.15, 0.2) is 24.3 Å². The SMILES string of the molecule is CN(c1cccc(Cl)c1)S(C)(=O)=O. The molecule has 0 N–H and O–H groups in total. The number of rotatable bonds is 2. The molecule has 0 saturated heterocycles. The Morgan fingerprint density at radius 1 is 1.38 bits per heavy atom. The van der Waals surface area contributed by atoms with Crippen LogP contribution in [-0.4, -0.2) is 21.7 Å². The zero-order valence-electron chi connectivity index (χ0n) is 7.36. The lowest BCUT2D eigenvalue weighted by atomic mass is 10.3. The summed E-state index contributed by atoms with van der Waals surface area (Å²) in [5.41, 5.74) is 0.565. The molecule has 0 aliphatic heterocycles. The first-order valence-electron chi connectivity index (χ1n) is 3.61. The second kappa shape index (κ2) is 3.55. The fourth-order valence-electron chi connectivity index (χ4n) is 0.863. The number of hydrogen-bond acceptors (Lipinski definition) is 2. The van der Waals surface area contributed by atoms with E-state index in [2.05, 4.69) is 0 Å². The van der Waals surface area contributed by atoms with Gasteiger partial charge in [0.15, 0.2) is 0 Å². The fraction of sp³-hybridized carbons (Fsp3) is 0.250. The van der Waals surface area contributed by atoms with Crippen molar-refractivity contribution in [2.45, 2.75) is 0 Å². The Hall–Kier alpha value is -0.740. The van der Waals surface area contributed by atoms with Crippen LogP contribution in [0.4, 0.5) is 5.69 Å². The third kappa shape index (κ3) is 2.60. The number of sulfonamides is 1. The van der Waals surface area contributed by atoms with Crippen LogP contribution in [0.5, 0.6) is 0 Å². The van der Waals surface area contributed by atoms with Gasteiger partial charge in [0.25, 0.3) is 0 Å². The van der Waals surface area contributed by atoms with Crippen molar-refractivity contribution in [1.29, 1.82) is 0 Å². The molecule has 0 aromatic heterocycles. The molecule has 13 heavy (non-hydrogen) atoms. The maximum atomic E-state index is 11.1. The molecule has 0 fully saturated rings. The first kappa shape index (κ1) is 10.3. The minimum Gasteiger partial charge on any atom is -0.273 e. The van der Waals surface area contributed by atoms with E-state index >= 15 is 0 Å². The highest BCUT2D eigenvalue weighted by Crippen LogP contribution is 2.19. The van der Waals surface area contributed by atoms with Gasteiger partial charge in [0.1, 0.15) is 0 Å². The highest BCUT2D eigenvalue weighted by atomic mass is 35.5. The van der Waals surface area contributed by atoms with Gasteiger partial charge in [0.2, 0.25) is 10.0 Å². The van der Waals surface area contributed by atoms with Gasteiger partial charge in [-0.3, -0.25) is 4.31 Å². The molecule has 0 atom stereocenters. The fourth-order valence-corrected chi connectivity index (χ4v) is 1.54. The topological polar surface area (TPSA) is 37.4 Å². The van der Waals surface area contributed by atoms with Gasteiger partial charge >= 0.3 is 0 Å². The largest absolute Gasteiger partial charge is 0.273 e. The molecule has 1 aromatic carbocycles. The van der Waals surface area contributed by atoms with Crippen LogP contribution in [-0.2, 0) is 10.0 Å². The standard InChI is InChI=1S/C8H10ClNO2S/c1-10(13(2,11)12)8-5-3-4-7(9)6-8/h3-6H,1-2H3. The predicted molar refractivity (Wildman–Crippen MR) is 54.7 cm³/mol. The van der Waals surface area contributed by atoms with Crippen LogP contribution in [0.25, 0.3) is 0 Å². The van der Waals surface area contributed by atoms with Crippen LogP contribution in [0.3, 0.4) is 0 Å². The van der Waals surface area contributed by atoms with E-state index in [0.29, 0.717) is 10.7 Å². The van der Waals surface area contributed by atoms with Gasteiger partial charge < -0.3 is 0 Å². The quantitative estimate of drug-likeness (QED) is 0.760. The van der Waals surface area contributed by atoms with Crippen LogP contribution in [0.1, 0.15) is 0 Å². The first-order chi connectivity index (χ1) is 5.91. The molecule has 3 nitrogen and oxygen atoms in total. The molecule has 5 heteroatoms. The molecule has 72 valence electrons. The molecule has 0 unspecified atom stereocenters. The Kier molecular flexibility index (Phi) is 2.83. The number of nitrogens with zero attached hydrogens (tertiary/aromatic N) is 1. The maximum absolute atomic E-state index is 11.1. The van der Waals surface area contributed by atoms with E-state index in [1.165, 1.54) is 11.4 Å². The third-order valence-electron chi connectivity index (χ3n) is 1.67. The van der Waals surface area contributed by atoms with Crippen LogP contribution in [0.2, 0.25) is 5.02 Å². The van der Waals surface area contributed by atoms with E-state index < -0.39 is 10.0 Å². The highest BCUT2D eigenvalue weighted by Gasteiger charge is 2.11. The number of anilines is 1.